The molecule has 0 heterocycles. The van der Waals surface area contributed by atoms with Crippen LogP contribution in [0.1, 0.15) is 6.92 Å². The average Bonchev–Trinajstić information content (AvgIpc) is 2.79. The molecule has 3 aromatic rings. The molecule has 3 aromatic carbocycles. The highest BCUT2D eigenvalue weighted by Crippen LogP contribution is 2.28. The Labute approximate surface area is 180 Å². The molecule has 0 spiro atoms. The second kappa shape index (κ2) is 10.5. The van der Waals surface area contributed by atoms with Crippen molar-refractivity contribution in [3.63, 3.8) is 0 Å². The lowest BCUT2D eigenvalue weighted by molar-refractivity contribution is -0.150. The number of amides is 1. The van der Waals surface area contributed by atoms with Crippen molar-refractivity contribution in [3.8, 4) is 16.9 Å². The lowest BCUT2D eigenvalue weighted by Gasteiger charge is -2.16. The number of methoxy groups -OCH3 is 1. The largest absolute Gasteiger partial charge is 0.497 e. The number of carbonyl (C=O) groups is 2. The third kappa shape index (κ3) is 5.87. The Morgan fingerprint density at radius 1 is 0.933 bits per heavy atom. The zero-order valence-corrected chi connectivity index (χ0v) is 17.6. The van der Waals surface area contributed by atoms with Crippen LogP contribution in [0.3, 0.4) is 0 Å². The average molecular weight is 422 g/mol. The molecule has 0 saturated heterocycles. The summed E-state index contributed by atoms with van der Waals surface area (Å²) in [6, 6.07) is 24.7. The zero-order valence-electron chi connectivity index (χ0n) is 16.8. The molecule has 1 atom stereocenters. The van der Waals surface area contributed by atoms with Crippen LogP contribution in [0, 0.1) is 0 Å². The van der Waals surface area contributed by atoms with Crippen LogP contribution in [0.4, 0.5) is 5.69 Å². The summed E-state index contributed by atoms with van der Waals surface area (Å²) < 4.78 is 10.4. The predicted molar refractivity (Wildman–Crippen MR) is 120 cm³/mol. The van der Waals surface area contributed by atoms with E-state index in [1.807, 2.05) is 78.9 Å². The highest BCUT2D eigenvalue weighted by molar-refractivity contribution is 8.00. The molecule has 0 aliphatic rings. The van der Waals surface area contributed by atoms with Gasteiger partial charge in [-0.2, -0.15) is 0 Å². The minimum absolute atomic E-state index is 0.116. The summed E-state index contributed by atoms with van der Waals surface area (Å²) >= 11 is 1.34. The van der Waals surface area contributed by atoms with Crippen LogP contribution in [-0.2, 0) is 14.3 Å². The fraction of sp³-hybridized carbons (Fsp3) is 0.167. The summed E-state index contributed by atoms with van der Waals surface area (Å²) in [5.41, 5.74) is 2.57. The number of hydrogen-bond donors (Lipinski definition) is 1. The minimum atomic E-state index is -0.905. The number of rotatable bonds is 8. The van der Waals surface area contributed by atoms with Crippen molar-refractivity contribution in [2.75, 3.05) is 18.2 Å². The molecule has 1 amide bonds. The van der Waals surface area contributed by atoms with E-state index in [-0.39, 0.29) is 11.7 Å². The van der Waals surface area contributed by atoms with Gasteiger partial charge in [0.05, 0.1) is 12.9 Å². The number of hydrogen-bond acceptors (Lipinski definition) is 5. The van der Waals surface area contributed by atoms with Crippen molar-refractivity contribution in [2.24, 2.45) is 0 Å². The molecular formula is C24H23NO4S. The molecule has 30 heavy (non-hydrogen) atoms. The number of benzene rings is 3. The standard InChI is InChI=1S/C24H23NO4S/c1-17(29-23(26)16-30-20-14-12-19(28-2)13-15-20)24(27)25-22-11-7-6-10-21(22)18-8-4-3-5-9-18/h3-15,17H,16H2,1-2H3,(H,25,27)/t17-/m1/s1. The Kier molecular flexibility index (Phi) is 7.51. The summed E-state index contributed by atoms with van der Waals surface area (Å²) in [4.78, 5) is 25.6. The van der Waals surface area contributed by atoms with Gasteiger partial charge in [-0.25, -0.2) is 0 Å². The van der Waals surface area contributed by atoms with Gasteiger partial charge in [-0.3, -0.25) is 9.59 Å². The summed E-state index contributed by atoms with van der Waals surface area (Å²) in [6.07, 6.45) is -0.905. The number of esters is 1. The highest BCUT2D eigenvalue weighted by atomic mass is 32.2. The Morgan fingerprint density at radius 3 is 2.30 bits per heavy atom. The zero-order chi connectivity index (χ0) is 21.3. The summed E-state index contributed by atoms with van der Waals surface area (Å²) in [7, 11) is 1.60. The first-order valence-electron chi connectivity index (χ1n) is 9.48. The Morgan fingerprint density at radius 2 is 1.60 bits per heavy atom. The second-order valence-electron chi connectivity index (χ2n) is 6.50. The highest BCUT2D eigenvalue weighted by Gasteiger charge is 2.19. The van der Waals surface area contributed by atoms with E-state index in [9.17, 15) is 9.59 Å². The molecule has 3 rings (SSSR count). The number of thioether (sulfide) groups is 1. The van der Waals surface area contributed by atoms with Crippen LogP contribution >= 0.6 is 11.8 Å². The fourth-order valence-electron chi connectivity index (χ4n) is 2.79. The predicted octanol–water partition coefficient (Wildman–Crippen LogP) is 5.02. The Bertz CT molecular complexity index is 990. The lowest BCUT2D eigenvalue weighted by atomic mass is 10.0. The molecule has 1 N–H and O–H groups in total. The van der Waals surface area contributed by atoms with Crippen LogP contribution in [0.25, 0.3) is 11.1 Å². The number of ether oxygens (including phenoxy) is 2. The van der Waals surface area contributed by atoms with Crippen LogP contribution in [0.2, 0.25) is 0 Å². The SMILES string of the molecule is COc1ccc(SCC(=O)O[C@H](C)C(=O)Nc2ccccc2-c2ccccc2)cc1. The molecule has 0 bridgehead atoms. The van der Waals surface area contributed by atoms with E-state index in [1.54, 1.807) is 14.0 Å². The number of carbonyl (C=O) groups excluding carboxylic acids is 2. The third-order valence-electron chi connectivity index (χ3n) is 4.36. The molecule has 0 aromatic heterocycles. The van der Waals surface area contributed by atoms with Gasteiger partial charge in [-0.05, 0) is 42.8 Å². The van der Waals surface area contributed by atoms with Crippen molar-refractivity contribution >= 4 is 29.3 Å². The smallest absolute Gasteiger partial charge is 0.317 e. The van der Waals surface area contributed by atoms with Gasteiger partial charge in [0.2, 0.25) is 0 Å². The normalized spacial score (nSPS) is 11.4. The topological polar surface area (TPSA) is 64.6 Å². The van der Waals surface area contributed by atoms with Crippen molar-refractivity contribution in [3.05, 3.63) is 78.9 Å². The monoisotopic (exact) mass is 421 g/mol. The lowest BCUT2D eigenvalue weighted by Crippen LogP contribution is -2.30. The van der Waals surface area contributed by atoms with Crippen LogP contribution < -0.4 is 10.1 Å². The Hall–Kier alpha value is -3.25. The molecule has 0 saturated carbocycles. The van der Waals surface area contributed by atoms with Gasteiger partial charge < -0.3 is 14.8 Å². The fourth-order valence-corrected chi connectivity index (χ4v) is 3.48. The maximum atomic E-state index is 12.6. The van der Waals surface area contributed by atoms with Crippen molar-refractivity contribution < 1.29 is 19.1 Å². The summed E-state index contributed by atoms with van der Waals surface area (Å²) in [6.45, 7) is 1.57. The maximum absolute atomic E-state index is 12.6. The van der Waals surface area contributed by atoms with Crippen molar-refractivity contribution in [1.82, 2.24) is 0 Å². The van der Waals surface area contributed by atoms with E-state index in [4.69, 9.17) is 9.47 Å². The van der Waals surface area contributed by atoms with Crippen molar-refractivity contribution in [2.45, 2.75) is 17.9 Å². The summed E-state index contributed by atoms with van der Waals surface area (Å²) in [5, 5.41) is 2.86. The van der Waals surface area contributed by atoms with E-state index in [1.165, 1.54) is 11.8 Å². The van der Waals surface area contributed by atoms with E-state index >= 15 is 0 Å². The first-order valence-corrected chi connectivity index (χ1v) is 10.5. The van der Waals surface area contributed by atoms with Gasteiger partial charge in [0.15, 0.2) is 6.10 Å². The first-order chi connectivity index (χ1) is 14.6. The van der Waals surface area contributed by atoms with Gasteiger partial charge in [0, 0.05) is 16.1 Å². The van der Waals surface area contributed by atoms with Gasteiger partial charge in [0.25, 0.3) is 5.91 Å². The molecule has 0 unspecified atom stereocenters. The number of para-hydroxylation sites is 1. The maximum Gasteiger partial charge on any atom is 0.317 e. The van der Waals surface area contributed by atoms with Crippen LogP contribution in [0.5, 0.6) is 5.75 Å². The molecule has 0 aliphatic carbocycles. The van der Waals surface area contributed by atoms with Crippen LogP contribution in [-0.4, -0.2) is 30.8 Å². The quantitative estimate of drug-likeness (QED) is 0.408. The molecule has 6 heteroatoms. The Balaban J connectivity index is 1.55. The van der Waals surface area contributed by atoms with E-state index in [2.05, 4.69) is 5.32 Å². The second-order valence-corrected chi connectivity index (χ2v) is 7.55. The molecule has 154 valence electrons. The number of anilines is 1. The molecule has 5 nitrogen and oxygen atoms in total. The van der Waals surface area contributed by atoms with Crippen molar-refractivity contribution in [1.29, 1.82) is 0 Å². The summed E-state index contributed by atoms with van der Waals surface area (Å²) in [5.74, 6) is 0.0453. The molecule has 0 radical (unpaired) electrons. The van der Waals surface area contributed by atoms with Gasteiger partial charge in [-0.15, -0.1) is 11.8 Å². The number of nitrogens with one attached hydrogen (secondary N) is 1. The van der Waals surface area contributed by atoms with E-state index < -0.39 is 12.1 Å². The van der Waals surface area contributed by atoms with Gasteiger partial charge in [-0.1, -0.05) is 48.5 Å². The minimum Gasteiger partial charge on any atom is -0.497 e. The third-order valence-corrected chi connectivity index (χ3v) is 5.35. The first kappa shape index (κ1) is 21.5. The van der Waals surface area contributed by atoms with E-state index in [0.29, 0.717) is 5.69 Å². The molecule has 0 fully saturated rings. The van der Waals surface area contributed by atoms with Crippen LogP contribution in [0.15, 0.2) is 83.8 Å². The molecule has 0 aliphatic heterocycles. The van der Waals surface area contributed by atoms with Gasteiger partial charge in [0.1, 0.15) is 5.75 Å². The molecular weight excluding hydrogens is 398 g/mol. The van der Waals surface area contributed by atoms with Gasteiger partial charge >= 0.3 is 5.97 Å². The van der Waals surface area contributed by atoms with E-state index in [0.717, 1.165) is 21.8 Å².